The fourth-order valence-corrected chi connectivity index (χ4v) is 3.61. The Labute approximate surface area is 189 Å². The van der Waals surface area contributed by atoms with E-state index in [0.717, 1.165) is 18.6 Å². The van der Waals surface area contributed by atoms with Gasteiger partial charge in [-0.3, -0.25) is 14.2 Å². The molecule has 15 nitrogen and oxygen atoms in total. The lowest BCUT2D eigenvalue weighted by Gasteiger charge is -2.19. The number of esters is 2. The Morgan fingerprint density at radius 2 is 2.21 bits per heavy atom. The molecule has 16 heteroatoms. The number of fused-ring (bicyclic) bond motifs is 1. The number of carbonyl (C=O) groups is 2. The van der Waals surface area contributed by atoms with Gasteiger partial charge < -0.3 is 19.9 Å². The number of allylic oxidation sites excluding steroid dienone is 1. The highest BCUT2D eigenvalue weighted by Gasteiger charge is 2.50. The Hall–Kier alpha value is -4.21. The summed E-state index contributed by atoms with van der Waals surface area (Å²) in [6.07, 6.45) is -2.23. The molecule has 1 aliphatic heterocycles. The summed E-state index contributed by atoms with van der Waals surface area (Å²) in [5.74, 6) is -1.39. The zero-order valence-corrected chi connectivity index (χ0v) is 18.0. The Morgan fingerprint density at radius 3 is 2.88 bits per heavy atom. The Balaban J connectivity index is 1.77. The number of ether oxygens (including phenoxy) is 3. The summed E-state index contributed by atoms with van der Waals surface area (Å²) in [6.45, 7) is 1.12. The quantitative estimate of drug-likeness (QED) is 0.400. The topological polar surface area (TPSA) is 195 Å². The molecule has 0 bridgehead atoms. The van der Waals surface area contributed by atoms with Crippen molar-refractivity contribution in [3.05, 3.63) is 28.6 Å². The fraction of sp³-hybridized carbons (Fsp3) is 0.444. The maximum absolute atomic E-state index is 15.2. The van der Waals surface area contributed by atoms with Crippen LogP contribution in [0.1, 0.15) is 25.4 Å². The second-order valence-electron chi connectivity index (χ2n) is 7.24. The molecule has 0 unspecified atom stereocenters. The van der Waals surface area contributed by atoms with Gasteiger partial charge in [0.2, 0.25) is 5.95 Å². The first-order valence-electron chi connectivity index (χ1n) is 9.97. The number of nitrogens with one attached hydrogen (secondary N) is 1. The van der Waals surface area contributed by atoms with Crippen molar-refractivity contribution in [2.75, 3.05) is 12.8 Å². The second-order valence-corrected chi connectivity index (χ2v) is 7.24. The predicted molar refractivity (Wildman–Crippen MR) is 110 cm³/mol. The molecule has 0 aromatic carbocycles. The van der Waals surface area contributed by atoms with Gasteiger partial charge in [-0.05, 0) is 11.3 Å². The highest BCUT2D eigenvalue weighted by atomic mass is 19.1. The number of tetrazole rings is 1. The largest absolute Gasteiger partial charge is 0.469 e. The summed E-state index contributed by atoms with van der Waals surface area (Å²) < 4.78 is 32.9. The number of hydrogen-bond donors (Lipinski definition) is 2. The van der Waals surface area contributed by atoms with Gasteiger partial charge in [0.15, 0.2) is 30.0 Å². The van der Waals surface area contributed by atoms with Crippen LogP contribution in [-0.2, 0) is 30.3 Å². The Morgan fingerprint density at radius 1 is 1.41 bits per heavy atom. The van der Waals surface area contributed by atoms with Crippen LogP contribution < -0.4 is 11.4 Å². The van der Waals surface area contributed by atoms with Gasteiger partial charge in [-0.1, -0.05) is 6.08 Å². The van der Waals surface area contributed by atoms with E-state index in [2.05, 4.69) is 35.3 Å². The van der Waals surface area contributed by atoms with Crippen molar-refractivity contribution in [2.45, 2.75) is 44.5 Å². The first-order valence-corrected chi connectivity index (χ1v) is 9.97. The van der Waals surface area contributed by atoms with Crippen molar-refractivity contribution < 1.29 is 28.2 Å². The summed E-state index contributed by atoms with van der Waals surface area (Å²) in [4.78, 5) is 44.8. The Kier molecular flexibility index (Phi) is 6.31. The van der Waals surface area contributed by atoms with Crippen LogP contribution in [-0.4, -0.2) is 77.2 Å². The van der Waals surface area contributed by atoms with Crippen LogP contribution in [0.15, 0.2) is 17.1 Å². The molecule has 0 radical (unpaired) electrons. The lowest BCUT2D eigenvalue weighted by molar-refractivity contribution is -0.154. The fourth-order valence-electron chi connectivity index (χ4n) is 3.61. The first kappa shape index (κ1) is 23.0. The number of carbonyl (C=O) groups excluding carboxylic acids is 2. The minimum Gasteiger partial charge on any atom is -0.469 e. The molecule has 1 aliphatic rings. The third-order valence-corrected chi connectivity index (χ3v) is 5.06. The van der Waals surface area contributed by atoms with Gasteiger partial charge >= 0.3 is 17.6 Å². The van der Waals surface area contributed by atoms with E-state index in [0.29, 0.717) is 0 Å². The van der Waals surface area contributed by atoms with Gasteiger partial charge in [0.1, 0.15) is 11.6 Å². The van der Waals surface area contributed by atoms with Crippen LogP contribution in [0.25, 0.3) is 17.2 Å². The average Bonchev–Trinajstić information content (AvgIpc) is 3.48. The maximum atomic E-state index is 15.2. The normalized spacial score (nSPS) is 22.4. The number of anilines is 1. The van der Waals surface area contributed by atoms with E-state index in [1.807, 2.05) is 0 Å². The summed E-state index contributed by atoms with van der Waals surface area (Å²) in [7, 11) is 1.14. The highest BCUT2D eigenvalue weighted by molar-refractivity contribution is 5.72. The minimum absolute atomic E-state index is 0.0264. The molecule has 0 aliphatic carbocycles. The molecule has 1 fully saturated rings. The highest BCUT2D eigenvalue weighted by Crippen LogP contribution is 2.36. The number of nitrogens with zero attached hydrogens (tertiary/aromatic N) is 7. The molecular formula is C18H20FN9O6. The van der Waals surface area contributed by atoms with Gasteiger partial charge in [0.05, 0.1) is 19.7 Å². The van der Waals surface area contributed by atoms with Crippen molar-refractivity contribution in [1.82, 2.24) is 39.7 Å². The molecule has 4 rings (SSSR count). The molecule has 3 N–H and O–H groups in total. The molecule has 180 valence electrons. The molecule has 3 aromatic heterocycles. The van der Waals surface area contributed by atoms with Gasteiger partial charge in [0, 0.05) is 13.5 Å². The summed E-state index contributed by atoms with van der Waals surface area (Å²) >= 11 is 0. The number of aromatic amines is 1. The van der Waals surface area contributed by atoms with E-state index in [9.17, 15) is 14.4 Å². The molecule has 1 saturated heterocycles. The summed E-state index contributed by atoms with van der Waals surface area (Å²) in [5.41, 5.74) is 5.34. The van der Waals surface area contributed by atoms with Crippen LogP contribution in [0.4, 0.5) is 10.3 Å². The number of halogens is 1. The van der Waals surface area contributed by atoms with E-state index < -0.39 is 48.7 Å². The minimum atomic E-state index is -1.92. The number of H-pyrrole nitrogens is 1. The molecule has 34 heavy (non-hydrogen) atoms. The van der Waals surface area contributed by atoms with Gasteiger partial charge in [-0.25, -0.2) is 18.7 Å². The van der Waals surface area contributed by atoms with Crippen LogP contribution in [0.3, 0.4) is 0 Å². The second kappa shape index (κ2) is 9.34. The molecule has 4 heterocycles. The number of rotatable bonds is 7. The van der Waals surface area contributed by atoms with Crippen LogP contribution in [0.2, 0.25) is 0 Å². The van der Waals surface area contributed by atoms with Crippen LogP contribution in [0.5, 0.6) is 0 Å². The van der Waals surface area contributed by atoms with Crippen molar-refractivity contribution in [3.8, 4) is 0 Å². The zero-order chi connectivity index (χ0) is 24.4. The van der Waals surface area contributed by atoms with E-state index in [1.165, 1.54) is 16.8 Å². The van der Waals surface area contributed by atoms with Crippen LogP contribution in [0, 0.1) is 0 Å². The smallest absolute Gasteiger partial charge is 0.332 e. The molecular weight excluding hydrogens is 457 g/mol. The summed E-state index contributed by atoms with van der Waals surface area (Å²) in [6, 6.07) is 0. The molecule has 4 atom stereocenters. The van der Waals surface area contributed by atoms with Crippen LogP contribution >= 0.6 is 0 Å². The number of imidazole rings is 1. The van der Waals surface area contributed by atoms with Crippen molar-refractivity contribution in [2.24, 2.45) is 0 Å². The number of hydrogen-bond acceptors (Lipinski definition) is 12. The van der Waals surface area contributed by atoms with Crippen molar-refractivity contribution >= 4 is 35.1 Å². The number of aromatic nitrogens is 8. The monoisotopic (exact) mass is 477 g/mol. The third kappa shape index (κ3) is 4.34. The lowest BCUT2D eigenvalue weighted by atomic mass is 10.1. The average molecular weight is 477 g/mol. The zero-order valence-electron chi connectivity index (χ0n) is 18.0. The number of nitrogens with two attached hydrogens (primary N) is 1. The van der Waals surface area contributed by atoms with E-state index in [4.69, 9.17) is 15.2 Å². The Bertz CT molecular complexity index is 1290. The molecule has 3 aromatic rings. The SMILES string of the molecule is COC(=O)C[C@H]1O[C@@H](n2c(=O)n(C/C=C/c3nn[nH]n3)c3cnc(N)nc32)[C@H](OC(C)=O)[C@@H]1F. The number of alkyl halides is 1. The van der Waals surface area contributed by atoms with E-state index in [1.54, 1.807) is 6.08 Å². The maximum Gasteiger partial charge on any atom is 0.332 e. The van der Waals surface area contributed by atoms with E-state index in [-0.39, 0.29) is 29.5 Å². The van der Waals surface area contributed by atoms with Gasteiger partial charge in [-0.15, -0.1) is 10.2 Å². The molecule has 0 spiro atoms. The lowest BCUT2D eigenvalue weighted by Crippen LogP contribution is -2.37. The first-order chi connectivity index (χ1) is 16.3. The standard InChI is InChI=1S/C18H20FN9O6/c1-8(29)33-14-13(19)10(6-12(30)32-2)34-16(14)28-15-9(7-21-17(20)22-15)27(18(28)31)5-3-4-11-23-25-26-24-11/h3-4,7,10,13-14,16H,5-6H2,1-2H3,(H2,20,21,22)(H,23,24,25,26)/b4-3+/t10-,13-,14-,16-/m1/s1. The van der Waals surface area contributed by atoms with Gasteiger partial charge in [0.25, 0.3) is 0 Å². The van der Waals surface area contributed by atoms with Gasteiger partial charge in [-0.2, -0.15) is 10.2 Å². The van der Waals surface area contributed by atoms with E-state index >= 15 is 4.39 Å². The summed E-state index contributed by atoms with van der Waals surface area (Å²) in [5, 5.41) is 13.3. The number of nitrogen functional groups attached to an aromatic ring is 1. The number of methoxy groups -OCH3 is 1. The molecule has 0 amide bonds. The predicted octanol–water partition coefficient (Wildman–Crippen LogP) is -0.868. The van der Waals surface area contributed by atoms with Crippen molar-refractivity contribution in [3.63, 3.8) is 0 Å². The van der Waals surface area contributed by atoms with Crippen molar-refractivity contribution in [1.29, 1.82) is 0 Å². The molecule has 0 saturated carbocycles. The third-order valence-electron chi connectivity index (χ3n) is 5.06.